The van der Waals surface area contributed by atoms with Gasteiger partial charge in [-0.05, 0) is 30.3 Å². The molecule has 0 unspecified atom stereocenters. The van der Waals surface area contributed by atoms with Gasteiger partial charge in [-0.25, -0.2) is 13.8 Å². The zero-order chi connectivity index (χ0) is 24.2. The second kappa shape index (κ2) is 10.7. The van der Waals surface area contributed by atoms with Crippen molar-refractivity contribution in [2.75, 3.05) is 45.8 Å². The number of aromatic nitrogens is 1. The van der Waals surface area contributed by atoms with Crippen LogP contribution in [-0.2, 0) is 9.59 Å². The van der Waals surface area contributed by atoms with E-state index in [1.165, 1.54) is 23.9 Å². The summed E-state index contributed by atoms with van der Waals surface area (Å²) in [5.74, 6) is -2.41. The fourth-order valence-corrected chi connectivity index (χ4v) is 5.12. The Morgan fingerprint density at radius 1 is 1.09 bits per heavy atom. The van der Waals surface area contributed by atoms with E-state index in [0.29, 0.717) is 52.4 Å². The van der Waals surface area contributed by atoms with Crippen molar-refractivity contribution in [2.45, 2.75) is 0 Å². The summed E-state index contributed by atoms with van der Waals surface area (Å²) < 4.78 is 27.6. The SMILES string of the molecule is O=C(O)CN1CCN(CCN2C(=O)/C(=C/c3cccc(-c4cc(F)cc(F)c4)n3)SC2=S)CC1. The molecule has 2 saturated heterocycles. The van der Waals surface area contributed by atoms with E-state index in [2.05, 4.69) is 9.88 Å². The Labute approximate surface area is 205 Å². The highest BCUT2D eigenvalue weighted by Crippen LogP contribution is 2.32. The normalized spacial score (nSPS) is 18.8. The Morgan fingerprint density at radius 2 is 1.76 bits per heavy atom. The molecule has 0 aliphatic carbocycles. The molecule has 1 amide bonds. The number of thioether (sulfide) groups is 1. The van der Waals surface area contributed by atoms with Crippen LogP contribution in [0.1, 0.15) is 5.69 Å². The van der Waals surface area contributed by atoms with E-state index in [0.717, 1.165) is 19.2 Å². The van der Waals surface area contributed by atoms with E-state index < -0.39 is 17.6 Å². The van der Waals surface area contributed by atoms with Crippen LogP contribution in [0.3, 0.4) is 0 Å². The van der Waals surface area contributed by atoms with Crippen molar-refractivity contribution in [2.24, 2.45) is 0 Å². The summed E-state index contributed by atoms with van der Waals surface area (Å²) in [5.41, 5.74) is 1.19. The second-order valence-corrected chi connectivity index (χ2v) is 9.63. The van der Waals surface area contributed by atoms with Gasteiger partial charge in [-0.2, -0.15) is 0 Å². The first kappa shape index (κ1) is 24.4. The molecule has 2 aliphatic rings. The molecule has 178 valence electrons. The third kappa shape index (κ3) is 6.03. The average molecular weight is 505 g/mol. The Kier molecular flexibility index (Phi) is 7.67. The van der Waals surface area contributed by atoms with Crippen LogP contribution < -0.4 is 0 Å². The zero-order valence-electron chi connectivity index (χ0n) is 18.1. The summed E-state index contributed by atoms with van der Waals surface area (Å²) in [5, 5.41) is 8.91. The molecule has 1 N–H and O–H groups in total. The fraction of sp³-hybridized carbons (Fsp3) is 0.304. The average Bonchev–Trinajstić information content (AvgIpc) is 3.05. The minimum absolute atomic E-state index is 0.0384. The van der Waals surface area contributed by atoms with Crippen molar-refractivity contribution in [3.05, 3.63) is 58.6 Å². The number of carbonyl (C=O) groups is 2. The molecule has 2 fully saturated rings. The highest BCUT2D eigenvalue weighted by molar-refractivity contribution is 8.26. The van der Waals surface area contributed by atoms with Crippen LogP contribution in [0, 0.1) is 11.6 Å². The van der Waals surface area contributed by atoms with E-state index in [4.69, 9.17) is 17.3 Å². The molecule has 1 aromatic heterocycles. The van der Waals surface area contributed by atoms with Gasteiger partial charge in [-0.1, -0.05) is 30.0 Å². The highest BCUT2D eigenvalue weighted by Gasteiger charge is 2.32. The summed E-state index contributed by atoms with van der Waals surface area (Å²) in [4.78, 5) is 34.3. The maximum Gasteiger partial charge on any atom is 0.317 e. The first-order valence-electron chi connectivity index (χ1n) is 10.6. The molecule has 11 heteroatoms. The van der Waals surface area contributed by atoms with Crippen LogP contribution >= 0.6 is 24.0 Å². The molecule has 7 nitrogen and oxygen atoms in total. The Balaban J connectivity index is 1.39. The molecule has 0 atom stereocenters. The minimum Gasteiger partial charge on any atom is -0.480 e. The van der Waals surface area contributed by atoms with Crippen LogP contribution in [0.25, 0.3) is 17.3 Å². The number of carbonyl (C=O) groups excluding carboxylic acids is 1. The number of thiocarbonyl (C=S) groups is 1. The highest BCUT2D eigenvalue weighted by atomic mass is 32.2. The number of carboxylic acid groups (broad SMARTS) is 1. The van der Waals surface area contributed by atoms with E-state index in [-0.39, 0.29) is 12.5 Å². The summed E-state index contributed by atoms with van der Waals surface area (Å²) >= 11 is 6.60. The number of hydrogen-bond donors (Lipinski definition) is 1. The third-order valence-corrected chi connectivity index (χ3v) is 6.92. The lowest BCUT2D eigenvalue weighted by molar-refractivity contribution is -0.138. The number of amides is 1. The number of halogens is 2. The van der Waals surface area contributed by atoms with Gasteiger partial charge in [0.2, 0.25) is 0 Å². The van der Waals surface area contributed by atoms with E-state index >= 15 is 0 Å². The van der Waals surface area contributed by atoms with Gasteiger partial charge in [-0.15, -0.1) is 0 Å². The summed E-state index contributed by atoms with van der Waals surface area (Å²) in [6.07, 6.45) is 1.63. The molecular weight excluding hydrogens is 482 g/mol. The lowest BCUT2D eigenvalue weighted by atomic mass is 10.1. The van der Waals surface area contributed by atoms with Crippen molar-refractivity contribution in [1.82, 2.24) is 19.7 Å². The van der Waals surface area contributed by atoms with Gasteiger partial charge in [-0.3, -0.25) is 24.3 Å². The van der Waals surface area contributed by atoms with Gasteiger partial charge in [0.25, 0.3) is 5.91 Å². The maximum atomic E-state index is 13.6. The molecule has 2 aliphatic heterocycles. The molecular formula is C23H22F2N4O3S2. The third-order valence-electron chi connectivity index (χ3n) is 5.55. The largest absolute Gasteiger partial charge is 0.480 e. The van der Waals surface area contributed by atoms with Crippen molar-refractivity contribution < 1.29 is 23.5 Å². The van der Waals surface area contributed by atoms with Gasteiger partial charge < -0.3 is 5.11 Å². The number of pyridine rings is 1. The van der Waals surface area contributed by atoms with Crippen molar-refractivity contribution >= 4 is 46.3 Å². The van der Waals surface area contributed by atoms with Crippen LogP contribution in [0.15, 0.2) is 41.3 Å². The van der Waals surface area contributed by atoms with Gasteiger partial charge in [0, 0.05) is 50.9 Å². The van der Waals surface area contributed by atoms with Gasteiger partial charge >= 0.3 is 5.97 Å². The molecule has 0 saturated carbocycles. The molecule has 0 radical (unpaired) electrons. The standard InChI is InChI=1S/C23H22F2N4O3S2/c24-16-10-15(11-17(25)12-16)19-3-1-2-18(26-19)13-20-22(32)29(23(33)34-20)9-8-27-4-6-28(7-5-27)14-21(30)31/h1-3,10-13H,4-9,14H2,(H,30,31)/b20-13-. The Bertz CT molecular complexity index is 1130. The number of piperazine rings is 1. The van der Waals surface area contributed by atoms with E-state index in [1.807, 2.05) is 4.90 Å². The van der Waals surface area contributed by atoms with Crippen molar-refractivity contribution in [1.29, 1.82) is 0 Å². The predicted octanol–water partition coefficient (Wildman–Crippen LogP) is 2.93. The van der Waals surface area contributed by atoms with Crippen LogP contribution in [-0.4, -0.2) is 86.8 Å². The molecule has 0 spiro atoms. The lowest BCUT2D eigenvalue weighted by Gasteiger charge is -2.34. The van der Waals surface area contributed by atoms with E-state index in [1.54, 1.807) is 29.2 Å². The molecule has 34 heavy (non-hydrogen) atoms. The number of rotatable bonds is 7. The smallest absolute Gasteiger partial charge is 0.317 e. The Morgan fingerprint density at radius 3 is 2.44 bits per heavy atom. The second-order valence-electron chi connectivity index (χ2n) is 7.95. The number of carboxylic acids is 1. The summed E-state index contributed by atoms with van der Waals surface area (Å²) in [6, 6.07) is 8.28. The first-order valence-corrected chi connectivity index (χ1v) is 11.9. The number of hydrogen-bond acceptors (Lipinski definition) is 7. The minimum atomic E-state index is -0.832. The summed E-state index contributed by atoms with van der Waals surface area (Å²) in [7, 11) is 0. The van der Waals surface area contributed by atoms with Crippen LogP contribution in [0.2, 0.25) is 0 Å². The van der Waals surface area contributed by atoms with Gasteiger partial charge in [0.05, 0.1) is 22.8 Å². The monoisotopic (exact) mass is 504 g/mol. The lowest BCUT2D eigenvalue weighted by Crippen LogP contribution is -2.49. The fourth-order valence-electron chi connectivity index (χ4n) is 3.83. The molecule has 2 aromatic rings. The quantitative estimate of drug-likeness (QED) is 0.456. The zero-order valence-corrected chi connectivity index (χ0v) is 19.7. The van der Waals surface area contributed by atoms with Crippen LogP contribution in [0.5, 0.6) is 0 Å². The Hall–Kier alpha value is -2.73. The van der Waals surface area contributed by atoms with E-state index in [9.17, 15) is 18.4 Å². The first-order chi connectivity index (χ1) is 16.3. The number of aliphatic carboxylic acids is 1. The molecule has 4 rings (SSSR count). The predicted molar refractivity (Wildman–Crippen MR) is 130 cm³/mol. The molecule has 3 heterocycles. The topological polar surface area (TPSA) is 77.0 Å². The molecule has 1 aromatic carbocycles. The maximum absolute atomic E-state index is 13.6. The van der Waals surface area contributed by atoms with Crippen molar-refractivity contribution in [3.63, 3.8) is 0 Å². The van der Waals surface area contributed by atoms with Crippen LogP contribution in [0.4, 0.5) is 8.78 Å². The molecule has 0 bridgehead atoms. The van der Waals surface area contributed by atoms with Gasteiger partial charge in [0.1, 0.15) is 16.0 Å². The number of nitrogens with zero attached hydrogens (tertiary/aromatic N) is 4. The van der Waals surface area contributed by atoms with Crippen molar-refractivity contribution in [3.8, 4) is 11.3 Å². The van der Waals surface area contributed by atoms with Gasteiger partial charge in [0.15, 0.2) is 0 Å². The summed E-state index contributed by atoms with van der Waals surface area (Å²) in [6.45, 7) is 3.92. The number of benzene rings is 1.